The Morgan fingerprint density at radius 1 is 1.02 bits per heavy atom. The first kappa shape index (κ1) is 31.1. The molecule has 1 unspecified atom stereocenters. The van der Waals surface area contributed by atoms with Crippen molar-refractivity contribution < 1.29 is 37.1 Å². The van der Waals surface area contributed by atoms with E-state index in [1.807, 2.05) is 11.8 Å². The van der Waals surface area contributed by atoms with Crippen LogP contribution < -0.4 is 15.1 Å². The van der Waals surface area contributed by atoms with E-state index in [1.165, 1.54) is 6.20 Å². The molecule has 14 heteroatoms. The van der Waals surface area contributed by atoms with Crippen LogP contribution in [0.2, 0.25) is 0 Å². The summed E-state index contributed by atoms with van der Waals surface area (Å²) in [6.07, 6.45) is 3.39. The summed E-state index contributed by atoms with van der Waals surface area (Å²) in [4.78, 5) is 47.8. The van der Waals surface area contributed by atoms with E-state index in [2.05, 4.69) is 20.2 Å². The van der Waals surface area contributed by atoms with Crippen molar-refractivity contribution in [3.8, 4) is 0 Å². The van der Waals surface area contributed by atoms with Gasteiger partial charge >= 0.3 is 6.18 Å². The quantitative estimate of drug-likeness (QED) is 0.480. The lowest BCUT2D eigenvalue weighted by Gasteiger charge is -2.29. The van der Waals surface area contributed by atoms with E-state index in [9.17, 15) is 22.8 Å². The molecule has 2 amide bonds. The number of rotatable bonds is 5. The van der Waals surface area contributed by atoms with Gasteiger partial charge in [-0.1, -0.05) is 19.8 Å². The summed E-state index contributed by atoms with van der Waals surface area (Å²) in [6, 6.07) is 3.13. The Bertz CT molecular complexity index is 1220. The molecule has 11 nitrogen and oxygen atoms in total. The molecule has 1 aliphatic carbocycles. The fourth-order valence-electron chi connectivity index (χ4n) is 5.79. The number of carbonyl (C=O) groups excluding carboxylic acids is 2. The Hall–Kier alpha value is -3.84. The van der Waals surface area contributed by atoms with Gasteiger partial charge in [-0.15, -0.1) is 0 Å². The topological polar surface area (TPSA) is 132 Å². The van der Waals surface area contributed by atoms with Gasteiger partial charge in [-0.2, -0.15) is 18.2 Å². The maximum absolute atomic E-state index is 13.7. The van der Waals surface area contributed by atoms with Gasteiger partial charge < -0.3 is 29.5 Å². The van der Waals surface area contributed by atoms with Crippen LogP contribution in [0.5, 0.6) is 0 Å². The van der Waals surface area contributed by atoms with Gasteiger partial charge in [0, 0.05) is 45.2 Å². The van der Waals surface area contributed by atoms with Gasteiger partial charge in [0.15, 0.2) is 5.69 Å². The number of hydrogen-bond acceptors (Lipinski definition) is 8. The number of nitrogens with one attached hydrogen (secondary N) is 1. The van der Waals surface area contributed by atoms with Crippen LogP contribution >= 0.6 is 0 Å². The number of alkyl halides is 3. The van der Waals surface area contributed by atoms with Crippen LogP contribution in [0.1, 0.15) is 68.1 Å². The van der Waals surface area contributed by atoms with Crippen LogP contribution in [-0.2, 0) is 15.8 Å². The average Bonchev–Trinajstić information content (AvgIpc) is 3.60. The first-order valence-corrected chi connectivity index (χ1v) is 14.3. The lowest BCUT2D eigenvalue weighted by Crippen LogP contribution is -2.38. The van der Waals surface area contributed by atoms with Crippen LogP contribution in [0.25, 0.3) is 0 Å². The predicted octanol–water partition coefficient (Wildman–Crippen LogP) is 4.51. The Balaban J connectivity index is 0.00000129. The molecule has 2 saturated heterocycles. The minimum Gasteiger partial charge on any atom is -0.483 e. The number of amides is 2. The van der Waals surface area contributed by atoms with Gasteiger partial charge in [0.25, 0.3) is 18.4 Å². The van der Waals surface area contributed by atoms with E-state index in [4.69, 9.17) is 14.3 Å². The summed E-state index contributed by atoms with van der Waals surface area (Å²) in [5, 5.41) is 9.36. The van der Waals surface area contributed by atoms with E-state index < -0.39 is 23.5 Å². The Labute approximate surface area is 242 Å². The normalized spacial score (nSPS) is 20.0. The van der Waals surface area contributed by atoms with Crippen LogP contribution in [0.3, 0.4) is 0 Å². The second-order valence-corrected chi connectivity index (χ2v) is 11.0. The zero-order chi connectivity index (χ0) is 30.3. The number of halogens is 3. The van der Waals surface area contributed by atoms with Crippen LogP contribution in [0.4, 0.5) is 30.7 Å². The molecule has 1 atom stereocenters. The highest BCUT2D eigenvalue weighted by molar-refractivity contribution is 6.03. The predicted molar refractivity (Wildman–Crippen MR) is 148 cm³/mol. The summed E-state index contributed by atoms with van der Waals surface area (Å²) >= 11 is 0. The standard InChI is InChI=1S/C27H35F3N6O3.CH2O2/c1-18-6-4-11-36(17-18)26-33-23(27(28,29)30)22(39-26)24(37)32-20-9-10-21(31-16-20)34-12-5-13-35(15-14-34)25(38)19-7-2-3-8-19;2-1-3/h9-10,16,18-19H,2-8,11-15,17H2,1H3,(H,32,37);1H,(H,2,3). The van der Waals surface area contributed by atoms with Gasteiger partial charge in [-0.05, 0) is 50.2 Å². The second kappa shape index (κ2) is 13.9. The molecule has 2 aromatic rings. The average molecular weight is 595 g/mol. The molecule has 0 spiro atoms. The molecular formula is C28H37F3N6O5. The summed E-state index contributed by atoms with van der Waals surface area (Å²) in [6.45, 7) is 5.53. The van der Waals surface area contributed by atoms with Crippen molar-refractivity contribution in [3.05, 3.63) is 29.8 Å². The number of anilines is 3. The van der Waals surface area contributed by atoms with E-state index in [-0.39, 0.29) is 30.0 Å². The Morgan fingerprint density at radius 2 is 1.74 bits per heavy atom. The third kappa shape index (κ3) is 7.71. The zero-order valence-electron chi connectivity index (χ0n) is 23.6. The highest BCUT2D eigenvalue weighted by Crippen LogP contribution is 2.35. The minimum atomic E-state index is -4.84. The summed E-state index contributed by atoms with van der Waals surface area (Å²) in [5.41, 5.74) is -1.09. The van der Waals surface area contributed by atoms with E-state index in [0.29, 0.717) is 37.9 Å². The van der Waals surface area contributed by atoms with E-state index in [0.717, 1.165) is 58.0 Å². The van der Waals surface area contributed by atoms with Gasteiger partial charge in [-0.25, -0.2) is 4.98 Å². The Morgan fingerprint density at radius 3 is 2.38 bits per heavy atom. The third-order valence-corrected chi connectivity index (χ3v) is 7.86. The highest BCUT2D eigenvalue weighted by Gasteiger charge is 2.42. The van der Waals surface area contributed by atoms with Crippen molar-refractivity contribution in [3.63, 3.8) is 0 Å². The van der Waals surface area contributed by atoms with Crippen LogP contribution in [0, 0.1) is 11.8 Å². The van der Waals surface area contributed by atoms with Crippen molar-refractivity contribution in [2.45, 2.75) is 58.0 Å². The highest BCUT2D eigenvalue weighted by atomic mass is 19.4. The summed E-state index contributed by atoms with van der Waals surface area (Å²) in [7, 11) is 0. The molecule has 1 saturated carbocycles. The molecule has 3 fully saturated rings. The molecule has 0 bridgehead atoms. The molecule has 2 N–H and O–H groups in total. The van der Waals surface area contributed by atoms with Gasteiger partial charge in [0.05, 0.1) is 11.9 Å². The van der Waals surface area contributed by atoms with Gasteiger partial charge in [0.1, 0.15) is 5.82 Å². The number of oxazole rings is 1. The summed E-state index contributed by atoms with van der Waals surface area (Å²) in [5.74, 6) is -0.513. The number of carbonyl (C=O) groups is 3. The fraction of sp³-hybridized carbons (Fsp3) is 0.607. The summed E-state index contributed by atoms with van der Waals surface area (Å²) < 4.78 is 46.5. The first-order valence-electron chi connectivity index (χ1n) is 14.3. The smallest absolute Gasteiger partial charge is 0.437 e. The number of pyridine rings is 1. The number of aromatic nitrogens is 2. The number of hydrogen-bond donors (Lipinski definition) is 2. The zero-order valence-corrected chi connectivity index (χ0v) is 23.6. The molecule has 5 rings (SSSR count). The maximum Gasteiger partial charge on any atom is 0.437 e. The van der Waals surface area contributed by atoms with Crippen molar-refractivity contribution in [2.75, 3.05) is 54.4 Å². The maximum atomic E-state index is 13.7. The first-order chi connectivity index (χ1) is 20.1. The molecule has 3 aliphatic rings. The number of carboxylic acid groups (broad SMARTS) is 1. The van der Waals surface area contributed by atoms with Gasteiger partial charge in [0.2, 0.25) is 11.7 Å². The molecule has 2 aliphatic heterocycles. The molecule has 4 heterocycles. The lowest BCUT2D eigenvalue weighted by atomic mass is 10.0. The minimum absolute atomic E-state index is 0.152. The molecule has 0 aromatic carbocycles. The van der Waals surface area contributed by atoms with Crippen LogP contribution in [-0.4, -0.2) is 77.5 Å². The third-order valence-electron chi connectivity index (χ3n) is 7.86. The number of nitrogens with zero attached hydrogens (tertiary/aromatic N) is 5. The largest absolute Gasteiger partial charge is 0.483 e. The number of piperidine rings is 1. The molecule has 0 radical (unpaired) electrons. The van der Waals surface area contributed by atoms with Crippen molar-refractivity contribution in [2.24, 2.45) is 11.8 Å². The second-order valence-electron chi connectivity index (χ2n) is 11.0. The monoisotopic (exact) mass is 594 g/mol. The molecule has 230 valence electrons. The van der Waals surface area contributed by atoms with E-state index >= 15 is 0 Å². The van der Waals surface area contributed by atoms with E-state index in [1.54, 1.807) is 17.0 Å². The fourth-order valence-corrected chi connectivity index (χ4v) is 5.79. The molecular weight excluding hydrogens is 557 g/mol. The lowest BCUT2D eigenvalue weighted by molar-refractivity contribution is -0.141. The molecule has 2 aromatic heterocycles. The van der Waals surface area contributed by atoms with Crippen molar-refractivity contribution >= 4 is 35.8 Å². The molecule has 42 heavy (non-hydrogen) atoms. The Kier molecular flexibility index (Phi) is 10.3. The SMILES string of the molecule is CC1CCCN(c2nc(C(F)(F)F)c(C(=O)Nc3ccc(N4CCCN(C(=O)C5CCCC5)CC4)nc3)o2)C1.O=CO. The van der Waals surface area contributed by atoms with Crippen molar-refractivity contribution in [1.29, 1.82) is 0 Å². The van der Waals surface area contributed by atoms with Gasteiger partial charge in [-0.3, -0.25) is 14.4 Å². The van der Waals surface area contributed by atoms with Crippen LogP contribution in [0.15, 0.2) is 22.7 Å². The van der Waals surface area contributed by atoms with Crippen molar-refractivity contribution in [1.82, 2.24) is 14.9 Å².